The van der Waals surface area contributed by atoms with Gasteiger partial charge in [-0.2, -0.15) is 17.4 Å². The van der Waals surface area contributed by atoms with Crippen molar-refractivity contribution in [3.05, 3.63) is 29.8 Å². The van der Waals surface area contributed by atoms with E-state index in [4.69, 9.17) is 4.74 Å². The highest BCUT2D eigenvalue weighted by molar-refractivity contribution is 7.87. The Morgan fingerprint density at radius 1 is 1.29 bits per heavy atom. The third-order valence-corrected chi connectivity index (χ3v) is 6.04. The van der Waals surface area contributed by atoms with E-state index in [1.807, 2.05) is 31.2 Å². The molecule has 2 aliphatic rings. The van der Waals surface area contributed by atoms with Gasteiger partial charge in [0.15, 0.2) is 0 Å². The Balaban J connectivity index is 1.69. The third kappa shape index (κ3) is 3.22. The van der Waals surface area contributed by atoms with Gasteiger partial charge in [0.2, 0.25) is 0 Å². The Hall–Kier alpha value is -1.11. The van der Waals surface area contributed by atoms with E-state index >= 15 is 0 Å². The number of hydrogen-bond donors (Lipinski definition) is 1. The number of rotatable bonds is 3. The molecule has 0 radical (unpaired) electrons. The molecular formula is C15H22N2O3S. The van der Waals surface area contributed by atoms with Gasteiger partial charge < -0.3 is 4.74 Å². The van der Waals surface area contributed by atoms with Crippen molar-refractivity contribution in [2.75, 3.05) is 13.2 Å². The third-order valence-electron chi connectivity index (χ3n) is 4.25. The van der Waals surface area contributed by atoms with Gasteiger partial charge in [-0.05, 0) is 37.8 Å². The molecule has 0 unspecified atom stereocenters. The van der Waals surface area contributed by atoms with Crippen LogP contribution in [0.3, 0.4) is 0 Å². The second kappa shape index (κ2) is 5.94. The van der Waals surface area contributed by atoms with Crippen LogP contribution in [-0.2, 0) is 16.6 Å². The second-order valence-electron chi connectivity index (χ2n) is 5.90. The molecule has 116 valence electrons. The number of hydrogen-bond acceptors (Lipinski definition) is 3. The fourth-order valence-corrected chi connectivity index (χ4v) is 4.77. The summed E-state index contributed by atoms with van der Waals surface area (Å²) in [4.78, 5) is 0. The van der Waals surface area contributed by atoms with Crippen molar-refractivity contribution in [1.29, 1.82) is 0 Å². The topological polar surface area (TPSA) is 58.6 Å². The Kier molecular flexibility index (Phi) is 4.19. The monoisotopic (exact) mass is 310 g/mol. The first kappa shape index (κ1) is 14.8. The van der Waals surface area contributed by atoms with Gasteiger partial charge in [0.25, 0.3) is 10.2 Å². The smallest absolute Gasteiger partial charge is 0.280 e. The Morgan fingerprint density at radius 3 is 2.90 bits per heavy atom. The van der Waals surface area contributed by atoms with Crippen molar-refractivity contribution >= 4 is 10.2 Å². The Bertz CT molecular complexity index is 603. The highest BCUT2D eigenvalue weighted by atomic mass is 32.2. The van der Waals surface area contributed by atoms with E-state index in [0.717, 1.165) is 30.6 Å². The van der Waals surface area contributed by atoms with Crippen LogP contribution in [0.5, 0.6) is 5.75 Å². The summed E-state index contributed by atoms with van der Waals surface area (Å²) in [6.45, 7) is 2.98. The maximum absolute atomic E-state index is 12.5. The highest BCUT2D eigenvalue weighted by Crippen LogP contribution is 2.25. The zero-order valence-corrected chi connectivity index (χ0v) is 13.1. The van der Waals surface area contributed by atoms with Gasteiger partial charge in [-0.1, -0.05) is 24.6 Å². The van der Waals surface area contributed by atoms with Crippen LogP contribution in [0.25, 0.3) is 0 Å². The second-order valence-corrected chi connectivity index (χ2v) is 7.55. The standard InChI is InChI=1S/C15H22N2O3S/c1-12-6-4-5-9-17(12)21(18,19)16-14-10-13-7-2-3-8-15(13)20-11-14/h2-3,7-8,12,14,16H,4-6,9-11H2,1H3/t12-,14+/m1/s1. The summed E-state index contributed by atoms with van der Waals surface area (Å²) < 4.78 is 35.1. The average molecular weight is 310 g/mol. The van der Waals surface area contributed by atoms with E-state index in [9.17, 15) is 8.42 Å². The molecule has 0 aliphatic carbocycles. The van der Waals surface area contributed by atoms with Gasteiger partial charge in [-0.3, -0.25) is 0 Å². The van der Waals surface area contributed by atoms with Gasteiger partial charge in [0, 0.05) is 12.6 Å². The summed E-state index contributed by atoms with van der Waals surface area (Å²) in [6, 6.07) is 7.67. The first-order chi connectivity index (χ1) is 10.1. The number of piperidine rings is 1. The molecule has 1 N–H and O–H groups in total. The van der Waals surface area contributed by atoms with Crippen LogP contribution in [0.15, 0.2) is 24.3 Å². The summed E-state index contributed by atoms with van der Waals surface area (Å²) in [5.41, 5.74) is 1.06. The molecule has 1 fully saturated rings. The largest absolute Gasteiger partial charge is 0.492 e. The molecule has 21 heavy (non-hydrogen) atoms. The fourth-order valence-electron chi connectivity index (χ4n) is 3.11. The van der Waals surface area contributed by atoms with E-state index in [0.29, 0.717) is 19.6 Å². The molecule has 0 amide bonds. The van der Waals surface area contributed by atoms with Gasteiger partial charge in [-0.25, -0.2) is 0 Å². The molecule has 2 atom stereocenters. The lowest BCUT2D eigenvalue weighted by Gasteiger charge is -2.34. The van der Waals surface area contributed by atoms with Crippen molar-refractivity contribution in [2.24, 2.45) is 0 Å². The summed E-state index contributed by atoms with van der Waals surface area (Å²) in [5.74, 6) is 0.860. The molecular weight excluding hydrogens is 288 g/mol. The lowest BCUT2D eigenvalue weighted by molar-refractivity contribution is 0.238. The number of ether oxygens (including phenoxy) is 1. The van der Waals surface area contributed by atoms with Crippen LogP contribution in [0.2, 0.25) is 0 Å². The highest BCUT2D eigenvalue weighted by Gasteiger charge is 2.32. The minimum Gasteiger partial charge on any atom is -0.492 e. The first-order valence-electron chi connectivity index (χ1n) is 7.56. The van der Waals surface area contributed by atoms with Gasteiger partial charge in [0.1, 0.15) is 12.4 Å². The summed E-state index contributed by atoms with van der Waals surface area (Å²) in [7, 11) is -3.43. The zero-order chi connectivity index (χ0) is 14.9. The van der Waals surface area contributed by atoms with Crippen molar-refractivity contribution < 1.29 is 13.2 Å². The van der Waals surface area contributed by atoms with Crippen molar-refractivity contribution in [1.82, 2.24) is 9.03 Å². The molecule has 2 heterocycles. The molecule has 6 heteroatoms. The van der Waals surface area contributed by atoms with Gasteiger partial charge in [0.05, 0.1) is 6.04 Å². The van der Waals surface area contributed by atoms with Gasteiger partial charge in [-0.15, -0.1) is 0 Å². The van der Waals surface area contributed by atoms with E-state index < -0.39 is 10.2 Å². The first-order valence-corrected chi connectivity index (χ1v) is 9.00. The van der Waals surface area contributed by atoms with Gasteiger partial charge >= 0.3 is 0 Å². The number of para-hydroxylation sites is 1. The summed E-state index contributed by atoms with van der Waals surface area (Å²) >= 11 is 0. The number of nitrogens with one attached hydrogen (secondary N) is 1. The SMILES string of the molecule is C[C@@H]1CCCCN1S(=O)(=O)N[C@@H]1COc2ccccc2C1. The minimum atomic E-state index is -3.43. The number of benzene rings is 1. The van der Waals surface area contributed by atoms with Crippen molar-refractivity contribution in [3.8, 4) is 5.75 Å². The molecule has 1 saturated heterocycles. The fraction of sp³-hybridized carbons (Fsp3) is 0.600. The molecule has 1 aromatic rings. The lowest BCUT2D eigenvalue weighted by Crippen LogP contribution is -2.53. The van der Waals surface area contributed by atoms with Crippen LogP contribution < -0.4 is 9.46 Å². The van der Waals surface area contributed by atoms with E-state index in [-0.39, 0.29) is 12.1 Å². The maximum atomic E-state index is 12.5. The number of nitrogens with zero attached hydrogens (tertiary/aromatic N) is 1. The lowest BCUT2D eigenvalue weighted by atomic mass is 10.0. The molecule has 5 nitrogen and oxygen atoms in total. The van der Waals surface area contributed by atoms with E-state index in [1.165, 1.54) is 0 Å². The zero-order valence-electron chi connectivity index (χ0n) is 12.3. The van der Waals surface area contributed by atoms with Crippen LogP contribution in [0, 0.1) is 0 Å². The normalized spacial score (nSPS) is 26.9. The Morgan fingerprint density at radius 2 is 2.10 bits per heavy atom. The predicted molar refractivity (Wildman–Crippen MR) is 81.5 cm³/mol. The van der Waals surface area contributed by atoms with Crippen LogP contribution in [0.4, 0.5) is 0 Å². The Labute approximate surface area is 126 Å². The molecule has 3 rings (SSSR count). The predicted octanol–water partition coefficient (Wildman–Crippen LogP) is 1.70. The van der Waals surface area contributed by atoms with E-state index in [2.05, 4.69) is 4.72 Å². The molecule has 0 spiro atoms. The molecule has 0 aromatic heterocycles. The van der Waals surface area contributed by atoms with Crippen LogP contribution in [-0.4, -0.2) is 38.0 Å². The number of fused-ring (bicyclic) bond motifs is 1. The maximum Gasteiger partial charge on any atom is 0.280 e. The van der Waals surface area contributed by atoms with Crippen LogP contribution in [0.1, 0.15) is 31.7 Å². The minimum absolute atomic E-state index is 0.0769. The quantitative estimate of drug-likeness (QED) is 0.924. The average Bonchev–Trinajstić information content (AvgIpc) is 2.47. The molecule has 0 saturated carbocycles. The van der Waals surface area contributed by atoms with E-state index in [1.54, 1.807) is 4.31 Å². The van der Waals surface area contributed by atoms with Crippen molar-refractivity contribution in [3.63, 3.8) is 0 Å². The summed E-state index contributed by atoms with van der Waals surface area (Å²) in [5, 5.41) is 0. The van der Waals surface area contributed by atoms with Crippen molar-refractivity contribution in [2.45, 2.75) is 44.7 Å². The molecule has 2 aliphatic heterocycles. The molecule has 1 aromatic carbocycles. The molecule has 0 bridgehead atoms. The van der Waals surface area contributed by atoms with Crippen LogP contribution >= 0.6 is 0 Å². The summed E-state index contributed by atoms with van der Waals surface area (Å²) in [6.07, 6.45) is 3.66.